The van der Waals surface area contributed by atoms with E-state index in [2.05, 4.69) is 39.4 Å². The maximum absolute atomic E-state index is 4.38. The van der Waals surface area contributed by atoms with E-state index >= 15 is 0 Å². The number of fused-ring (bicyclic) bond motifs is 1. The molecule has 0 saturated carbocycles. The van der Waals surface area contributed by atoms with E-state index in [-0.39, 0.29) is 0 Å². The van der Waals surface area contributed by atoms with Gasteiger partial charge >= 0.3 is 0 Å². The van der Waals surface area contributed by atoms with E-state index in [0.29, 0.717) is 0 Å². The number of nitrogens with zero attached hydrogens (tertiary/aromatic N) is 4. The molecule has 0 aliphatic carbocycles. The Morgan fingerprint density at radius 1 is 1.19 bits per heavy atom. The predicted octanol–water partition coefficient (Wildman–Crippen LogP) is 2.01. The number of rotatable bonds is 2. The first-order valence-electron chi connectivity index (χ1n) is 8.10. The van der Waals surface area contributed by atoms with Gasteiger partial charge in [0.25, 0.3) is 0 Å². The van der Waals surface area contributed by atoms with Gasteiger partial charge in [-0.1, -0.05) is 0 Å². The molecule has 2 fully saturated rings. The molecule has 0 radical (unpaired) electrons. The smallest absolute Gasteiger partial charge is 0.157 e. The van der Waals surface area contributed by atoms with Gasteiger partial charge in [-0.25, -0.2) is 4.98 Å². The number of nitrogens with one attached hydrogen (secondary N) is 1. The lowest BCUT2D eigenvalue weighted by Crippen LogP contribution is -2.41. The number of anilines is 1. The number of aromatic nitrogens is 3. The van der Waals surface area contributed by atoms with Crippen LogP contribution in [-0.4, -0.2) is 40.3 Å². The Morgan fingerprint density at radius 3 is 2.81 bits per heavy atom. The first-order chi connectivity index (χ1) is 10.3. The van der Waals surface area contributed by atoms with Crippen molar-refractivity contribution in [1.29, 1.82) is 0 Å². The van der Waals surface area contributed by atoms with Gasteiger partial charge in [-0.05, 0) is 62.8 Å². The zero-order valence-electron chi connectivity index (χ0n) is 12.6. The van der Waals surface area contributed by atoms with E-state index in [1.54, 1.807) is 6.33 Å². The van der Waals surface area contributed by atoms with Gasteiger partial charge in [0, 0.05) is 19.1 Å². The van der Waals surface area contributed by atoms with Crippen molar-refractivity contribution in [3.8, 4) is 0 Å². The minimum atomic E-state index is 0.760. The lowest BCUT2D eigenvalue weighted by atomic mass is 9.88. The summed E-state index contributed by atoms with van der Waals surface area (Å²) >= 11 is 0. The number of hydrogen-bond donors (Lipinski definition) is 1. The van der Waals surface area contributed by atoms with Gasteiger partial charge in [-0.2, -0.15) is 9.61 Å². The molecule has 21 heavy (non-hydrogen) atoms. The molecule has 2 aromatic rings. The zero-order chi connectivity index (χ0) is 14.2. The van der Waals surface area contributed by atoms with Crippen molar-refractivity contribution < 1.29 is 0 Å². The molecule has 1 unspecified atom stereocenters. The van der Waals surface area contributed by atoms with Crippen molar-refractivity contribution in [3.05, 3.63) is 24.0 Å². The minimum absolute atomic E-state index is 0.760. The molecule has 4 rings (SSSR count). The maximum atomic E-state index is 4.38. The van der Waals surface area contributed by atoms with Crippen molar-refractivity contribution in [2.75, 3.05) is 24.5 Å². The molecule has 112 valence electrons. The monoisotopic (exact) mass is 285 g/mol. The third-order valence-corrected chi connectivity index (χ3v) is 5.04. The second-order valence-corrected chi connectivity index (χ2v) is 6.45. The van der Waals surface area contributed by atoms with E-state index in [4.69, 9.17) is 0 Å². The van der Waals surface area contributed by atoms with Gasteiger partial charge in [0.05, 0.1) is 0 Å². The van der Waals surface area contributed by atoms with Crippen LogP contribution in [0.2, 0.25) is 0 Å². The second kappa shape index (κ2) is 5.30. The van der Waals surface area contributed by atoms with E-state index in [1.165, 1.54) is 43.6 Å². The van der Waals surface area contributed by atoms with Gasteiger partial charge in [0.15, 0.2) is 5.65 Å². The molecule has 0 bridgehead atoms. The quantitative estimate of drug-likeness (QED) is 0.917. The summed E-state index contributed by atoms with van der Waals surface area (Å²) in [5.74, 6) is 2.04. The van der Waals surface area contributed by atoms with Crippen LogP contribution in [0.1, 0.15) is 31.2 Å². The fourth-order valence-electron chi connectivity index (χ4n) is 3.91. The maximum Gasteiger partial charge on any atom is 0.157 e. The summed E-state index contributed by atoms with van der Waals surface area (Å²) < 4.78 is 1.97. The van der Waals surface area contributed by atoms with Gasteiger partial charge in [-0.3, -0.25) is 0 Å². The summed E-state index contributed by atoms with van der Waals surface area (Å²) in [6.07, 6.45) is 6.92. The highest BCUT2D eigenvalue weighted by atomic mass is 15.4. The lowest BCUT2D eigenvalue weighted by Gasteiger charge is -2.36. The average molecular weight is 285 g/mol. The Kier molecular flexibility index (Phi) is 3.30. The lowest BCUT2D eigenvalue weighted by molar-refractivity contribution is 0.318. The third kappa shape index (κ3) is 2.39. The van der Waals surface area contributed by atoms with Crippen LogP contribution in [-0.2, 0) is 0 Å². The van der Waals surface area contributed by atoms with Crippen LogP contribution in [0.3, 0.4) is 0 Å². The summed E-state index contributed by atoms with van der Waals surface area (Å²) in [5, 5.41) is 8.05. The van der Waals surface area contributed by atoms with Crippen LogP contribution in [0.5, 0.6) is 0 Å². The first-order valence-corrected chi connectivity index (χ1v) is 8.10. The van der Waals surface area contributed by atoms with Crippen LogP contribution in [0.25, 0.3) is 5.65 Å². The Hall–Kier alpha value is -1.62. The summed E-state index contributed by atoms with van der Waals surface area (Å²) in [6.45, 7) is 5.60. The van der Waals surface area contributed by atoms with Crippen LogP contribution >= 0.6 is 0 Å². The predicted molar refractivity (Wildman–Crippen MR) is 83.7 cm³/mol. The first kappa shape index (κ1) is 13.1. The second-order valence-electron chi connectivity index (χ2n) is 6.45. The van der Waals surface area contributed by atoms with Gasteiger partial charge < -0.3 is 10.2 Å². The molecule has 0 amide bonds. The number of hydrogen-bond acceptors (Lipinski definition) is 4. The van der Waals surface area contributed by atoms with Crippen molar-refractivity contribution in [2.45, 2.75) is 38.6 Å². The van der Waals surface area contributed by atoms with Crippen LogP contribution < -0.4 is 10.2 Å². The molecule has 0 aromatic carbocycles. The molecule has 2 aliphatic rings. The van der Waals surface area contributed by atoms with Crippen molar-refractivity contribution >= 4 is 11.5 Å². The van der Waals surface area contributed by atoms with Crippen LogP contribution in [0.15, 0.2) is 18.5 Å². The largest absolute Gasteiger partial charge is 0.356 e. The number of pyridine rings is 1. The van der Waals surface area contributed by atoms with Gasteiger partial charge in [0.1, 0.15) is 12.1 Å². The van der Waals surface area contributed by atoms with Crippen LogP contribution in [0.4, 0.5) is 5.82 Å². The Balaban J connectivity index is 1.53. The molecule has 2 aliphatic heterocycles. The number of aryl methyl sites for hydroxylation is 1. The molecular weight excluding hydrogens is 262 g/mol. The normalized spacial score (nSPS) is 24.0. The third-order valence-electron chi connectivity index (χ3n) is 5.04. The fraction of sp³-hybridized carbons (Fsp3) is 0.625. The fourth-order valence-corrected chi connectivity index (χ4v) is 3.91. The standard InChI is InChI=1S/C16H23N5/c1-12-9-15-18-11-19-21(15)16(10-12)20-7-4-13(5-8-20)14-3-2-6-17-14/h9-11,13-14,17H,2-8H2,1H3. The molecule has 0 spiro atoms. The molecule has 2 aromatic heterocycles. The van der Waals surface area contributed by atoms with Gasteiger partial charge in [-0.15, -0.1) is 0 Å². The summed E-state index contributed by atoms with van der Waals surface area (Å²) in [5.41, 5.74) is 2.20. The zero-order valence-corrected chi connectivity index (χ0v) is 12.6. The molecule has 1 atom stereocenters. The highest BCUT2D eigenvalue weighted by Gasteiger charge is 2.29. The van der Waals surface area contributed by atoms with Crippen molar-refractivity contribution in [1.82, 2.24) is 19.9 Å². The Morgan fingerprint density at radius 2 is 2.05 bits per heavy atom. The highest BCUT2D eigenvalue weighted by molar-refractivity contribution is 5.53. The highest BCUT2D eigenvalue weighted by Crippen LogP contribution is 2.28. The molecule has 1 N–H and O–H groups in total. The van der Waals surface area contributed by atoms with E-state index in [0.717, 1.165) is 30.7 Å². The molecule has 2 saturated heterocycles. The summed E-state index contributed by atoms with van der Waals surface area (Å²) in [6, 6.07) is 5.08. The summed E-state index contributed by atoms with van der Waals surface area (Å²) in [4.78, 5) is 6.80. The van der Waals surface area contributed by atoms with E-state index in [9.17, 15) is 0 Å². The van der Waals surface area contributed by atoms with E-state index < -0.39 is 0 Å². The average Bonchev–Trinajstić information content (AvgIpc) is 3.17. The van der Waals surface area contributed by atoms with Gasteiger partial charge in [0.2, 0.25) is 0 Å². The Labute approximate surface area is 125 Å². The molecule has 5 nitrogen and oxygen atoms in total. The summed E-state index contributed by atoms with van der Waals surface area (Å²) in [7, 11) is 0. The van der Waals surface area contributed by atoms with Crippen molar-refractivity contribution in [2.24, 2.45) is 5.92 Å². The van der Waals surface area contributed by atoms with Crippen molar-refractivity contribution in [3.63, 3.8) is 0 Å². The van der Waals surface area contributed by atoms with Crippen LogP contribution in [0, 0.1) is 12.8 Å². The van der Waals surface area contributed by atoms with E-state index in [1.807, 2.05) is 4.52 Å². The SMILES string of the molecule is Cc1cc(N2CCC(C3CCCN3)CC2)n2ncnc2c1. The number of piperidine rings is 1. The minimum Gasteiger partial charge on any atom is -0.356 e. The molecular formula is C16H23N5. The Bertz CT molecular complexity index is 621. The topological polar surface area (TPSA) is 45.5 Å². The molecule has 4 heterocycles. The molecule has 5 heteroatoms.